The number of para-hydroxylation sites is 1. The molecule has 1 aliphatic rings. The predicted octanol–water partition coefficient (Wildman–Crippen LogP) is 2.39. The number of esters is 2. The maximum Gasteiger partial charge on any atom is 0.459 e. The molecular weight excluding hydrogens is 635 g/mol. The van der Waals surface area contributed by atoms with Crippen LogP contribution in [0.25, 0.3) is 5.52 Å². The number of carbonyl (C=O) groups excluding carboxylic acids is 2. The van der Waals surface area contributed by atoms with Crippen molar-refractivity contribution in [3.63, 3.8) is 0 Å². The lowest BCUT2D eigenvalue weighted by Crippen LogP contribution is -2.41. The van der Waals surface area contributed by atoms with Crippen LogP contribution in [0, 0.1) is 11.3 Å². The molecule has 0 spiro atoms. The molecule has 1 aliphatic heterocycles. The lowest BCUT2D eigenvalue weighted by atomic mass is 9.92. The van der Waals surface area contributed by atoms with Crippen molar-refractivity contribution in [3.05, 3.63) is 54.5 Å². The summed E-state index contributed by atoms with van der Waals surface area (Å²) in [6.07, 6.45) is -0.706. The van der Waals surface area contributed by atoms with Gasteiger partial charge >= 0.3 is 19.7 Å². The van der Waals surface area contributed by atoms with Crippen molar-refractivity contribution < 1.29 is 47.6 Å². The molecular formula is C30H39N6O10P. The van der Waals surface area contributed by atoms with Crippen molar-refractivity contribution in [2.45, 2.75) is 75.9 Å². The molecule has 4 rings (SSSR count). The number of ether oxygens (including phenoxy) is 3. The van der Waals surface area contributed by atoms with Crippen molar-refractivity contribution in [1.82, 2.24) is 19.7 Å². The zero-order valence-corrected chi connectivity index (χ0v) is 27.0. The molecule has 5 N–H and O–H groups in total. The second-order valence-corrected chi connectivity index (χ2v) is 12.5. The highest BCUT2D eigenvalue weighted by atomic mass is 31.2. The van der Waals surface area contributed by atoms with Crippen LogP contribution in [0.3, 0.4) is 0 Å². The highest BCUT2D eigenvalue weighted by Crippen LogP contribution is 2.47. The predicted molar refractivity (Wildman–Crippen MR) is 165 cm³/mol. The molecule has 0 radical (unpaired) electrons. The SMILES string of the molecule is CCCCC(=O)OCCCCOC(=O)C(C)NP(=O)(OC[C@H]1O[C@@](C#N)(c2ccc3c(N)ncnn23)[C@H](O)[C@@H]1O)Oc1ccccc1. The van der Waals surface area contributed by atoms with E-state index in [1.165, 1.54) is 35.7 Å². The topological polar surface area (TPSA) is 230 Å². The van der Waals surface area contributed by atoms with E-state index in [2.05, 4.69) is 15.2 Å². The van der Waals surface area contributed by atoms with Crippen LogP contribution < -0.4 is 15.3 Å². The van der Waals surface area contributed by atoms with Crippen LogP contribution in [0.4, 0.5) is 5.82 Å². The molecule has 3 heterocycles. The van der Waals surface area contributed by atoms with Gasteiger partial charge in [0.15, 0.2) is 5.82 Å². The first-order chi connectivity index (χ1) is 22.5. The first-order valence-corrected chi connectivity index (χ1v) is 16.7. The van der Waals surface area contributed by atoms with Gasteiger partial charge in [0.2, 0.25) is 5.60 Å². The highest BCUT2D eigenvalue weighted by molar-refractivity contribution is 7.52. The highest BCUT2D eigenvalue weighted by Gasteiger charge is 2.58. The maximum absolute atomic E-state index is 14.0. The van der Waals surface area contributed by atoms with Crippen LogP contribution >= 0.6 is 7.75 Å². The molecule has 2 aromatic heterocycles. The molecule has 2 unspecified atom stereocenters. The summed E-state index contributed by atoms with van der Waals surface area (Å²) < 4.78 is 42.8. The van der Waals surface area contributed by atoms with Gasteiger partial charge in [0.05, 0.1) is 25.5 Å². The number of nitrogens with one attached hydrogen (secondary N) is 1. The van der Waals surface area contributed by atoms with Gasteiger partial charge in [0, 0.05) is 6.42 Å². The van der Waals surface area contributed by atoms with Crippen molar-refractivity contribution in [3.8, 4) is 11.8 Å². The monoisotopic (exact) mass is 674 g/mol. The van der Waals surface area contributed by atoms with E-state index < -0.39 is 50.3 Å². The Morgan fingerprint density at radius 3 is 2.60 bits per heavy atom. The smallest absolute Gasteiger partial charge is 0.459 e. The number of fused-ring (bicyclic) bond motifs is 1. The molecule has 254 valence electrons. The van der Waals surface area contributed by atoms with Gasteiger partial charge in [-0.25, -0.2) is 14.1 Å². The number of hydrogen-bond donors (Lipinski definition) is 4. The third-order valence-corrected chi connectivity index (χ3v) is 8.99. The number of nitrogens with two attached hydrogens (primary N) is 1. The number of benzene rings is 1. The number of rotatable bonds is 17. The average Bonchev–Trinajstić information content (AvgIpc) is 3.61. The Labute approximate surface area is 271 Å². The summed E-state index contributed by atoms with van der Waals surface area (Å²) in [4.78, 5) is 28.2. The summed E-state index contributed by atoms with van der Waals surface area (Å²) in [7, 11) is -4.38. The van der Waals surface area contributed by atoms with Gasteiger partial charge in [0.25, 0.3) is 0 Å². The van der Waals surface area contributed by atoms with E-state index in [-0.39, 0.29) is 36.4 Å². The summed E-state index contributed by atoms with van der Waals surface area (Å²) in [5, 5.41) is 38.7. The van der Waals surface area contributed by atoms with Crippen molar-refractivity contribution >= 4 is 31.0 Å². The van der Waals surface area contributed by atoms with Gasteiger partial charge < -0.3 is 34.7 Å². The molecule has 16 nitrogen and oxygen atoms in total. The summed E-state index contributed by atoms with van der Waals surface area (Å²) in [5.41, 5.74) is 4.22. The number of unbranched alkanes of at least 4 members (excludes halogenated alkanes) is 2. The quantitative estimate of drug-likeness (QED) is 0.0915. The van der Waals surface area contributed by atoms with Crippen LogP contribution in [-0.2, 0) is 38.5 Å². The number of anilines is 1. The number of hydrogen-bond acceptors (Lipinski definition) is 14. The molecule has 0 amide bonds. The number of aliphatic hydroxyl groups is 2. The normalized spacial score (nSPS) is 22.7. The summed E-state index contributed by atoms with van der Waals surface area (Å²) in [6, 6.07) is 11.8. The fourth-order valence-corrected chi connectivity index (χ4v) is 6.31. The molecule has 0 bridgehead atoms. The minimum Gasteiger partial charge on any atom is -0.466 e. The zero-order chi connectivity index (χ0) is 34.0. The Kier molecular flexibility index (Phi) is 12.3. The Morgan fingerprint density at radius 1 is 1.17 bits per heavy atom. The molecule has 3 aromatic rings. The van der Waals surface area contributed by atoms with Gasteiger partial charge in [-0.15, -0.1) is 0 Å². The molecule has 47 heavy (non-hydrogen) atoms. The summed E-state index contributed by atoms with van der Waals surface area (Å²) in [6.45, 7) is 3.00. The van der Waals surface area contributed by atoms with Crippen molar-refractivity contribution in [1.29, 1.82) is 5.26 Å². The van der Waals surface area contributed by atoms with E-state index in [1.807, 2.05) is 13.0 Å². The molecule has 1 fully saturated rings. The van der Waals surface area contributed by atoms with E-state index in [0.29, 0.717) is 24.8 Å². The van der Waals surface area contributed by atoms with Gasteiger partial charge in [-0.2, -0.15) is 15.4 Å². The van der Waals surface area contributed by atoms with Crippen LogP contribution in [0.15, 0.2) is 48.8 Å². The van der Waals surface area contributed by atoms with Gasteiger partial charge in [-0.3, -0.25) is 14.1 Å². The standard InChI is InChI=1S/C30H39N6O10P/c1-3-4-12-25(37)42-15-8-9-16-43-29(40)20(2)35-47(41,46-21-10-6-5-7-11-21)44-17-23-26(38)27(39)30(18-31,45-23)24-14-13-22-28(32)33-19-34-36(22)24/h5-7,10-11,13-14,19-20,23,26-27,38-39H,3-4,8-9,12,15-17H2,1-2H3,(H,35,41)(H2,32,33,34)/t20?,23-,26-,27-,30+,47?/m1/s1. The lowest BCUT2D eigenvalue weighted by molar-refractivity contribution is -0.147. The Morgan fingerprint density at radius 2 is 1.89 bits per heavy atom. The fraction of sp³-hybridized carbons (Fsp3) is 0.500. The van der Waals surface area contributed by atoms with Crippen LogP contribution in [-0.4, -0.2) is 80.9 Å². The molecule has 6 atom stereocenters. The number of aromatic nitrogens is 3. The minimum atomic E-state index is -4.38. The number of nitriles is 1. The first-order valence-electron chi connectivity index (χ1n) is 15.2. The number of carbonyl (C=O) groups is 2. The van der Waals surface area contributed by atoms with E-state index in [1.54, 1.807) is 18.2 Å². The second kappa shape index (κ2) is 16.1. The average molecular weight is 675 g/mol. The van der Waals surface area contributed by atoms with E-state index >= 15 is 0 Å². The van der Waals surface area contributed by atoms with Gasteiger partial charge in [0.1, 0.15) is 48.0 Å². The molecule has 1 aromatic carbocycles. The largest absolute Gasteiger partial charge is 0.466 e. The molecule has 0 aliphatic carbocycles. The number of nitrogens with zero attached hydrogens (tertiary/aromatic N) is 4. The third kappa shape index (κ3) is 8.63. The lowest BCUT2D eigenvalue weighted by Gasteiger charge is -2.25. The van der Waals surface area contributed by atoms with Gasteiger partial charge in [-0.05, 0) is 50.5 Å². The van der Waals surface area contributed by atoms with Crippen LogP contribution in [0.5, 0.6) is 5.75 Å². The number of aliphatic hydroxyl groups excluding tert-OH is 2. The molecule has 17 heteroatoms. The molecule has 0 saturated carbocycles. The summed E-state index contributed by atoms with van der Waals surface area (Å²) in [5.74, 6) is -0.748. The minimum absolute atomic E-state index is 0.0310. The third-order valence-electron chi connectivity index (χ3n) is 7.35. The fourth-order valence-electron chi connectivity index (χ4n) is 4.80. The second-order valence-electron chi connectivity index (χ2n) is 10.8. The van der Waals surface area contributed by atoms with E-state index in [4.69, 9.17) is 29.0 Å². The Hall–Kier alpha value is -4.10. The van der Waals surface area contributed by atoms with Crippen molar-refractivity contribution in [2.75, 3.05) is 25.6 Å². The van der Waals surface area contributed by atoms with Crippen LogP contribution in [0.2, 0.25) is 0 Å². The van der Waals surface area contributed by atoms with E-state index in [9.17, 15) is 29.6 Å². The Bertz CT molecular complexity index is 1600. The van der Waals surface area contributed by atoms with Crippen LogP contribution in [0.1, 0.15) is 51.6 Å². The maximum atomic E-state index is 14.0. The molecule has 1 saturated heterocycles. The Balaban J connectivity index is 1.40. The summed E-state index contributed by atoms with van der Waals surface area (Å²) >= 11 is 0. The van der Waals surface area contributed by atoms with Gasteiger partial charge in [-0.1, -0.05) is 31.5 Å². The van der Waals surface area contributed by atoms with Crippen molar-refractivity contribution in [2.24, 2.45) is 0 Å². The number of nitrogen functional groups attached to an aromatic ring is 1. The zero-order valence-electron chi connectivity index (χ0n) is 26.1. The van der Waals surface area contributed by atoms with E-state index in [0.717, 1.165) is 19.2 Å². The first kappa shape index (κ1) is 35.7.